The molecule has 0 radical (unpaired) electrons. The van der Waals surface area contributed by atoms with Crippen molar-refractivity contribution >= 4 is 26.5 Å². The van der Waals surface area contributed by atoms with E-state index in [2.05, 4.69) is 57.3 Å². The lowest BCUT2D eigenvalue weighted by atomic mass is 9.75. The van der Waals surface area contributed by atoms with Gasteiger partial charge in [-0.05, 0) is 29.9 Å². The molecule has 0 aliphatic heterocycles. The van der Waals surface area contributed by atoms with E-state index in [0.717, 1.165) is 6.42 Å². The van der Waals surface area contributed by atoms with Crippen LogP contribution in [0.2, 0.25) is 39.3 Å². The molecule has 21 heavy (non-hydrogen) atoms. The number of aliphatic hydroxyl groups is 1. The Balaban J connectivity index is 2.44. The van der Waals surface area contributed by atoms with Crippen LogP contribution in [0.3, 0.4) is 0 Å². The quantitative estimate of drug-likeness (QED) is 0.669. The molecule has 2 unspecified atom stereocenters. The molecule has 0 saturated carbocycles. The Hall–Kier alpha value is -0.826. The topological polar surface area (TPSA) is 20.2 Å². The van der Waals surface area contributed by atoms with Gasteiger partial charge in [0.2, 0.25) is 0 Å². The maximum absolute atomic E-state index is 9.71. The van der Waals surface area contributed by atoms with Gasteiger partial charge in [-0.2, -0.15) is 0 Å². The third-order valence-electron chi connectivity index (χ3n) is 4.50. The van der Waals surface area contributed by atoms with Crippen LogP contribution in [0, 0.1) is 12.3 Å². The van der Waals surface area contributed by atoms with Gasteiger partial charge in [-0.3, -0.25) is 0 Å². The summed E-state index contributed by atoms with van der Waals surface area (Å²) >= 11 is 0. The minimum Gasteiger partial charge on any atom is -0.380 e. The smallest absolute Gasteiger partial charge is 0.115 e. The van der Waals surface area contributed by atoms with Gasteiger partial charge in [-0.25, -0.2) is 0 Å². The Morgan fingerprint density at radius 3 is 2.14 bits per heavy atom. The lowest BCUT2D eigenvalue weighted by Gasteiger charge is -2.37. The normalized spacial score (nSPS) is 19.4. The van der Waals surface area contributed by atoms with Crippen molar-refractivity contribution in [2.45, 2.75) is 64.1 Å². The molecule has 1 N–H and O–H groups in total. The number of rotatable bonds is 4. The summed E-state index contributed by atoms with van der Waals surface area (Å²) in [5.41, 5.74) is 2.94. The minimum atomic E-state index is -1.35. The molecular weight excluding hydrogens is 288 g/mol. The lowest BCUT2D eigenvalue weighted by molar-refractivity contribution is 0.206. The van der Waals surface area contributed by atoms with Crippen LogP contribution in [0.25, 0.3) is 0 Å². The highest BCUT2D eigenvalue weighted by molar-refractivity contribution is 6.98. The van der Waals surface area contributed by atoms with Crippen LogP contribution in [0.5, 0.6) is 0 Å². The van der Waals surface area contributed by atoms with Gasteiger partial charge in [0.25, 0.3) is 0 Å². The highest BCUT2D eigenvalue weighted by atomic mass is 28.3. The van der Waals surface area contributed by atoms with Crippen molar-refractivity contribution in [1.82, 2.24) is 0 Å². The van der Waals surface area contributed by atoms with E-state index < -0.39 is 22.3 Å². The Bertz CT molecular complexity index is 585. The van der Waals surface area contributed by atoms with Gasteiger partial charge < -0.3 is 5.11 Å². The molecule has 1 aliphatic rings. The first-order valence-electron chi connectivity index (χ1n) is 7.86. The molecule has 1 aromatic carbocycles. The lowest BCUT2D eigenvalue weighted by Crippen LogP contribution is -2.57. The van der Waals surface area contributed by atoms with Crippen molar-refractivity contribution < 1.29 is 5.11 Å². The van der Waals surface area contributed by atoms with Crippen molar-refractivity contribution in [3.05, 3.63) is 23.3 Å². The Labute approximate surface area is 131 Å². The minimum absolute atomic E-state index is 0.455. The van der Waals surface area contributed by atoms with Gasteiger partial charge in [0, 0.05) is 0 Å². The van der Waals surface area contributed by atoms with Crippen molar-refractivity contribution in [3.63, 3.8) is 0 Å². The fraction of sp³-hybridized carbons (Fsp3) is 0.556. The standard InChI is InChI=1S/C18H28OSi2/c1-8-15(19)10-13-9-14-11-17(20(2,3)4)18(12-16(13)14)21(5,6)7/h1,11-13,15,19H,9-10H2,2-7H3. The van der Waals surface area contributed by atoms with E-state index in [4.69, 9.17) is 6.42 Å². The monoisotopic (exact) mass is 316 g/mol. The zero-order valence-electron chi connectivity index (χ0n) is 14.2. The molecule has 1 aliphatic carbocycles. The summed E-state index contributed by atoms with van der Waals surface area (Å²) in [7, 11) is -2.67. The maximum atomic E-state index is 9.71. The first-order chi connectivity index (χ1) is 9.54. The Morgan fingerprint density at radius 2 is 1.67 bits per heavy atom. The molecule has 0 fully saturated rings. The molecule has 1 aromatic rings. The van der Waals surface area contributed by atoms with Crippen molar-refractivity contribution in [2.24, 2.45) is 0 Å². The number of fused-ring (bicyclic) bond motifs is 1. The van der Waals surface area contributed by atoms with Crippen molar-refractivity contribution in [2.75, 3.05) is 0 Å². The maximum Gasteiger partial charge on any atom is 0.115 e. The summed E-state index contributed by atoms with van der Waals surface area (Å²) in [6.07, 6.45) is 6.50. The zero-order valence-corrected chi connectivity index (χ0v) is 16.2. The number of benzene rings is 1. The fourth-order valence-electron chi connectivity index (χ4n) is 3.25. The first kappa shape index (κ1) is 16.5. The van der Waals surface area contributed by atoms with E-state index in [1.54, 1.807) is 10.4 Å². The summed E-state index contributed by atoms with van der Waals surface area (Å²) in [5.74, 6) is 2.90. The average Bonchev–Trinajstić information content (AvgIpc) is 2.32. The molecule has 0 amide bonds. The fourth-order valence-corrected chi connectivity index (χ4v) is 8.46. The van der Waals surface area contributed by atoms with Crippen LogP contribution in [0.15, 0.2) is 12.1 Å². The summed E-state index contributed by atoms with van der Waals surface area (Å²) in [6, 6.07) is 4.94. The molecule has 2 atom stereocenters. The number of hydrogen-bond acceptors (Lipinski definition) is 1. The van der Waals surface area contributed by atoms with Gasteiger partial charge >= 0.3 is 0 Å². The van der Waals surface area contributed by atoms with E-state index in [1.165, 1.54) is 11.1 Å². The van der Waals surface area contributed by atoms with Gasteiger partial charge in [0.15, 0.2) is 0 Å². The second kappa shape index (κ2) is 5.42. The Kier molecular flexibility index (Phi) is 4.27. The molecule has 0 spiro atoms. The van der Waals surface area contributed by atoms with E-state index >= 15 is 0 Å². The number of terminal acetylenes is 1. The molecule has 2 rings (SSSR count). The average molecular weight is 317 g/mol. The summed E-state index contributed by atoms with van der Waals surface area (Å²) in [6.45, 7) is 14.6. The van der Waals surface area contributed by atoms with Crippen molar-refractivity contribution in [1.29, 1.82) is 0 Å². The van der Waals surface area contributed by atoms with Crippen LogP contribution in [0.1, 0.15) is 23.5 Å². The van der Waals surface area contributed by atoms with Gasteiger partial charge in [0.1, 0.15) is 6.10 Å². The van der Waals surface area contributed by atoms with Crippen LogP contribution < -0.4 is 10.4 Å². The van der Waals surface area contributed by atoms with Crippen LogP contribution in [0.4, 0.5) is 0 Å². The third kappa shape index (κ3) is 3.34. The molecule has 0 saturated heterocycles. The van der Waals surface area contributed by atoms with E-state index in [9.17, 15) is 5.11 Å². The molecular formula is C18H28OSi2. The van der Waals surface area contributed by atoms with Gasteiger partial charge in [-0.1, -0.05) is 67.7 Å². The largest absolute Gasteiger partial charge is 0.380 e. The summed E-state index contributed by atoms with van der Waals surface area (Å²) in [5, 5.41) is 13.0. The van der Waals surface area contributed by atoms with Gasteiger partial charge in [-0.15, -0.1) is 6.42 Å². The molecule has 3 heteroatoms. The molecule has 114 valence electrons. The van der Waals surface area contributed by atoms with E-state index in [-0.39, 0.29) is 0 Å². The van der Waals surface area contributed by atoms with Gasteiger partial charge in [0.05, 0.1) is 16.1 Å². The molecule has 1 nitrogen and oxygen atoms in total. The summed E-state index contributed by atoms with van der Waals surface area (Å²) in [4.78, 5) is 0. The van der Waals surface area contributed by atoms with E-state index in [1.807, 2.05) is 0 Å². The molecule has 0 heterocycles. The Morgan fingerprint density at radius 1 is 1.14 bits per heavy atom. The second-order valence-electron chi connectivity index (χ2n) is 8.42. The zero-order chi connectivity index (χ0) is 16.0. The van der Waals surface area contributed by atoms with Crippen LogP contribution >= 0.6 is 0 Å². The third-order valence-corrected chi connectivity index (χ3v) is 8.81. The predicted molar refractivity (Wildman–Crippen MR) is 98.3 cm³/mol. The van der Waals surface area contributed by atoms with Crippen LogP contribution in [-0.4, -0.2) is 27.4 Å². The SMILES string of the molecule is C#CC(O)CC1Cc2cc([Si](C)(C)C)c([Si](C)(C)C)cc21. The predicted octanol–water partition coefficient (Wildman–Crippen LogP) is 2.80. The molecule has 0 bridgehead atoms. The summed E-state index contributed by atoms with van der Waals surface area (Å²) < 4.78 is 0. The van der Waals surface area contributed by atoms with Crippen LogP contribution in [-0.2, 0) is 6.42 Å². The number of aliphatic hydroxyl groups excluding tert-OH is 1. The number of hydrogen-bond donors (Lipinski definition) is 1. The van der Waals surface area contributed by atoms with Crippen molar-refractivity contribution in [3.8, 4) is 12.3 Å². The highest BCUT2D eigenvalue weighted by Crippen LogP contribution is 2.38. The first-order valence-corrected chi connectivity index (χ1v) is 14.9. The molecule has 0 aromatic heterocycles. The highest BCUT2D eigenvalue weighted by Gasteiger charge is 2.34. The second-order valence-corrected chi connectivity index (χ2v) is 18.5. The van der Waals surface area contributed by atoms with E-state index in [0.29, 0.717) is 12.3 Å².